The average Bonchev–Trinajstić information content (AvgIpc) is 3.19. The van der Waals surface area contributed by atoms with Gasteiger partial charge in [0.15, 0.2) is 0 Å². The van der Waals surface area contributed by atoms with Gasteiger partial charge < -0.3 is 0 Å². The first-order valence-corrected chi connectivity index (χ1v) is 11.6. The maximum absolute atomic E-state index is 3.58. The lowest BCUT2D eigenvalue weighted by molar-refractivity contribution is 1.59. The Morgan fingerprint density at radius 1 is 0.567 bits per heavy atom. The molecule has 0 spiro atoms. The highest BCUT2D eigenvalue weighted by atomic mass is 79.9. The second kappa shape index (κ2) is 7.09. The van der Waals surface area contributed by atoms with Crippen LogP contribution in [0.25, 0.3) is 53.2 Å². The third-order valence-electron chi connectivity index (χ3n) is 5.72. The van der Waals surface area contributed by atoms with E-state index in [2.05, 4.69) is 119 Å². The highest BCUT2D eigenvalue weighted by Crippen LogP contribution is 2.44. The van der Waals surface area contributed by atoms with Crippen LogP contribution in [0.3, 0.4) is 0 Å². The molecule has 0 unspecified atom stereocenters. The summed E-state index contributed by atoms with van der Waals surface area (Å²) in [5.41, 5.74) is 5.02. The molecule has 0 fully saturated rings. The van der Waals surface area contributed by atoms with Gasteiger partial charge in [-0.15, -0.1) is 11.3 Å². The predicted octanol–water partition coefficient (Wildman–Crippen LogP) is 9.30. The summed E-state index contributed by atoms with van der Waals surface area (Å²) in [4.78, 5) is 0. The van der Waals surface area contributed by atoms with Gasteiger partial charge in [0.25, 0.3) is 0 Å². The van der Waals surface area contributed by atoms with Gasteiger partial charge >= 0.3 is 0 Å². The fraction of sp³-hybridized carbons (Fsp3) is 0. The van der Waals surface area contributed by atoms with Crippen LogP contribution in [0.4, 0.5) is 0 Å². The molecule has 5 aromatic carbocycles. The summed E-state index contributed by atoms with van der Waals surface area (Å²) in [6, 6.07) is 37.3. The fourth-order valence-corrected chi connectivity index (χ4v) is 5.96. The van der Waals surface area contributed by atoms with E-state index in [1.165, 1.54) is 53.2 Å². The maximum Gasteiger partial charge on any atom is 0.0440 e. The Morgan fingerprint density at radius 2 is 1.30 bits per heavy atom. The summed E-state index contributed by atoms with van der Waals surface area (Å²) in [5.74, 6) is 0. The monoisotopic (exact) mass is 464 g/mol. The van der Waals surface area contributed by atoms with Crippen molar-refractivity contribution in [1.82, 2.24) is 0 Å². The Morgan fingerprint density at radius 3 is 2.13 bits per heavy atom. The highest BCUT2D eigenvalue weighted by molar-refractivity contribution is 9.10. The number of rotatable bonds is 2. The summed E-state index contributed by atoms with van der Waals surface area (Å²) in [7, 11) is 0. The standard InChI is InChI=1S/C28H17BrS/c29-22-8-5-7-20(16-22)18-12-14-19(15-13-18)25-17-21-6-1-2-9-23(21)28-27(25)24-10-3-4-11-26(24)30-28/h1-17H. The van der Waals surface area contributed by atoms with Crippen LogP contribution in [-0.2, 0) is 0 Å². The van der Waals surface area contributed by atoms with Gasteiger partial charge in [0.05, 0.1) is 0 Å². The van der Waals surface area contributed by atoms with Crippen molar-refractivity contribution >= 4 is 58.2 Å². The van der Waals surface area contributed by atoms with Crippen molar-refractivity contribution in [3.8, 4) is 22.3 Å². The minimum atomic E-state index is 1.10. The van der Waals surface area contributed by atoms with Crippen LogP contribution < -0.4 is 0 Å². The predicted molar refractivity (Wildman–Crippen MR) is 135 cm³/mol. The molecule has 0 nitrogen and oxygen atoms in total. The maximum atomic E-state index is 3.58. The van der Waals surface area contributed by atoms with Gasteiger partial charge in [-0.25, -0.2) is 0 Å². The molecule has 0 atom stereocenters. The molecule has 1 aromatic heterocycles. The van der Waals surface area contributed by atoms with Crippen LogP contribution >= 0.6 is 27.3 Å². The minimum absolute atomic E-state index is 1.10. The molecular weight excluding hydrogens is 448 g/mol. The normalized spacial score (nSPS) is 11.5. The van der Waals surface area contributed by atoms with E-state index in [4.69, 9.17) is 0 Å². The van der Waals surface area contributed by atoms with E-state index in [1.807, 2.05) is 11.3 Å². The van der Waals surface area contributed by atoms with Crippen LogP contribution in [0.5, 0.6) is 0 Å². The summed E-state index contributed by atoms with van der Waals surface area (Å²) in [6.07, 6.45) is 0. The van der Waals surface area contributed by atoms with Crippen molar-refractivity contribution < 1.29 is 0 Å². The first kappa shape index (κ1) is 17.9. The van der Waals surface area contributed by atoms with Crippen molar-refractivity contribution in [1.29, 1.82) is 0 Å². The molecule has 1 heterocycles. The Bertz CT molecular complexity index is 1540. The van der Waals surface area contributed by atoms with E-state index in [-0.39, 0.29) is 0 Å². The number of benzene rings is 5. The quantitative estimate of drug-likeness (QED) is 0.239. The van der Waals surface area contributed by atoms with E-state index in [0.29, 0.717) is 0 Å². The van der Waals surface area contributed by atoms with Crippen LogP contribution in [0.2, 0.25) is 0 Å². The zero-order chi connectivity index (χ0) is 20.1. The number of hydrogen-bond donors (Lipinski definition) is 0. The van der Waals surface area contributed by atoms with Crippen LogP contribution in [-0.4, -0.2) is 0 Å². The molecule has 0 aliphatic carbocycles. The molecule has 6 rings (SSSR count). The molecular formula is C28H17BrS. The zero-order valence-corrected chi connectivity index (χ0v) is 18.5. The number of halogens is 1. The molecule has 0 aliphatic rings. The third kappa shape index (κ3) is 2.87. The summed E-state index contributed by atoms with van der Waals surface area (Å²) >= 11 is 5.48. The van der Waals surface area contributed by atoms with Crippen molar-refractivity contribution in [3.05, 3.63) is 108 Å². The Kier molecular flexibility index (Phi) is 4.22. The van der Waals surface area contributed by atoms with E-state index < -0.39 is 0 Å². The Balaban J connectivity index is 1.61. The first-order valence-electron chi connectivity index (χ1n) is 9.97. The first-order chi connectivity index (χ1) is 14.8. The van der Waals surface area contributed by atoms with Crippen molar-refractivity contribution in [2.24, 2.45) is 0 Å². The second-order valence-corrected chi connectivity index (χ2v) is 9.50. The Labute approximate surface area is 187 Å². The van der Waals surface area contributed by atoms with Crippen LogP contribution in [0, 0.1) is 0 Å². The van der Waals surface area contributed by atoms with E-state index in [0.717, 1.165) is 4.47 Å². The van der Waals surface area contributed by atoms with Gasteiger partial charge in [0.1, 0.15) is 0 Å². The second-order valence-electron chi connectivity index (χ2n) is 7.54. The van der Waals surface area contributed by atoms with Crippen molar-refractivity contribution in [2.75, 3.05) is 0 Å². The number of fused-ring (bicyclic) bond motifs is 5. The van der Waals surface area contributed by atoms with Crippen molar-refractivity contribution in [2.45, 2.75) is 0 Å². The van der Waals surface area contributed by atoms with Gasteiger partial charge in [-0.2, -0.15) is 0 Å². The smallest absolute Gasteiger partial charge is 0.0440 e. The van der Waals surface area contributed by atoms with Gasteiger partial charge in [0, 0.05) is 24.6 Å². The molecule has 6 aromatic rings. The zero-order valence-electron chi connectivity index (χ0n) is 16.1. The van der Waals surface area contributed by atoms with Gasteiger partial charge in [-0.1, -0.05) is 94.8 Å². The molecule has 30 heavy (non-hydrogen) atoms. The highest BCUT2D eigenvalue weighted by Gasteiger charge is 2.14. The summed E-state index contributed by atoms with van der Waals surface area (Å²) in [6.45, 7) is 0. The largest absolute Gasteiger partial charge is 0.135 e. The molecule has 0 amide bonds. The van der Waals surface area contributed by atoms with Crippen molar-refractivity contribution in [3.63, 3.8) is 0 Å². The van der Waals surface area contributed by atoms with E-state index in [1.54, 1.807) is 0 Å². The Hall–Kier alpha value is -2.94. The SMILES string of the molecule is Brc1cccc(-c2ccc(-c3cc4ccccc4c4sc5ccccc5c34)cc2)c1. The molecule has 0 radical (unpaired) electrons. The molecule has 2 heteroatoms. The molecule has 142 valence electrons. The molecule has 0 N–H and O–H groups in total. The van der Waals surface area contributed by atoms with Crippen LogP contribution in [0.1, 0.15) is 0 Å². The fourth-order valence-electron chi connectivity index (χ4n) is 4.30. The average molecular weight is 465 g/mol. The van der Waals surface area contributed by atoms with Crippen LogP contribution in [0.15, 0.2) is 108 Å². The topological polar surface area (TPSA) is 0 Å². The molecule has 0 saturated carbocycles. The minimum Gasteiger partial charge on any atom is -0.135 e. The van der Waals surface area contributed by atoms with Gasteiger partial charge in [-0.3, -0.25) is 0 Å². The lowest BCUT2D eigenvalue weighted by Crippen LogP contribution is -1.84. The molecule has 0 saturated heterocycles. The lowest BCUT2D eigenvalue weighted by Gasteiger charge is -2.10. The number of thiophene rings is 1. The van der Waals surface area contributed by atoms with E-state index in [9.17, 15) is 0 Å². The van der Waals surface area contributed by atoms with E-state index >= 15 is 0 Å². The lowest BCUT2D eigenvalue weighted by atomic mass is 9.94. The molecule has 0 bridgehead atoms. The third-order valence-corrected chi connectivity index (χ3v) is 7.42. The van der Waals surface area contributed by atoms with Gasteiger partial charge in [-0.05, 0) is 57.3 Å². The van der Waals surface area contributed by atoms with Gasteiger partial charge in [0.2, 0.25) is 0 Å². The molecule has 0 aliphatic heterocycles. The number of hydrogen-bond acceptors (Lipinski definition) is 1. The summed E-state index contributed by atoms with van der Waals surface area (Å²) in [5, 5.41) is 5.34. The summed E-state index contributed by atoms with van der Waals surface area (Å²) < 4.78 is 3.82.